The number of nitrogens with zero attached hydrogens (tertiary/aromatic N) is 3. The molecular weight excluding hydrogens is 276 g/mol. The lowest BCUT2D eigenvalue weighted by atomic mass is 10.1. The largest absolute Gasteiger partial charge is 0.331 e. The van der Waals surface area contributed by atoms with Crippen LogP contribution in [0.25, 0.3) is 11.0 Å². The zero-order valence-corrected chi connectivity index (χ0v) is 12.3. The molecule has 0 spiro atoms. The SMILES string of the molecule is Cc1nc2cc(C(=O)Nc3cccc(C#N)c3)ccc2n1C. The van der Waals surface area contributed by atoms with Gasteiger partial charge in [-0.2, -0.15) is 5.26 Å². The van der Waals surface area contributed by atoms with Gasteiger partial charge in [0.2, 0.25) is 0 Å². The highest BCUT2D eigenvalue weighted by atomic mass is 16.1. The quantitative estimate of drug-likeness (QED) is 0.788. The molecule has 1 amide bonds. The molecule has 5 heteroatoms. The van der Waals surface area contributed by atoms with Crippen molar-refractivity contribution < 1.29 is 4.79 Å². The van der Waals surface area contributed by atoms with Gasteiger partial charge in [-0.3, -0.25) is 4.79 Å². The maximum atomic E-state index is 12.3. The molecule has 0 fully saturated rings. The Bertz CT molecular complexity index is 918. The minimum atomic E-state index is -0.222. The van der Waals surface area contributed by atoms with Crippen molar-refractivity contribution in [1.82, 2.24) is 9.55 Å². The molecule has 1 heterocycles. The van der Waals surface area contributed by atoms with Gasteiger partial charge in [-0.05, 0) is 43.3 Å². The lowest BCUT2D eigenvalue weighted by molar-refractivity contribution is 0.102. The molecule has 0 aliphatic carbocycles. The Morgan fingerprint density at radius 3 is 2.86 bits per heavy atom. The number of hydrogen-bond donors (Lipinski definition) is 1. The molecule has 108 valence electrons. The first-order valence-corrected chi connectivity index (χ1v) is 6.83. The third kappa shape index (κ3) is 2.42. The lowest BCUT2D eigenvalue weighted by Crippen LogP contribution is -2.11. The van der Waals surface area contributed by atoms with Crippen molar-refractivity contribution >= 4 is 22.6 Å². The van der Waals surface area contributed by atoms with Crippen LogP contribution >= 0.6 is 0 Å². The van der Waals surface area contributed by atoms with Crippen LogP contribution in [0.4, 0.5) is 5.69 Å². The van der Waals surface area contributed by atoms with Gasteiger partial charge < -0.3 is 9.88 Å². The van der Waals surface area contributed by atoms with E-state index in [2.05, 4.69) is 10.3 Å². The number of anilines is 1. The van der Waals surface area contributed by atoms with Crippen LogP contribution in [0.1, 0.15) is 21.7 Å². The summed E-state index contributed by atoms with van der Waals surface area (Å²) in [7, 11) is 1.94. The number of carbonyl (C=O) groups excluding carboxylic acids is 1. The zero-order chi connectivity index (χ0) is 15.7. The molecule has 0 saturated heterocycles. The second kappa shape index (κ2) is 5.34. The highest BCUT2D eigenvalue weighted by Gasteiger charge is 2.10. The van der Waals surface area contributed by atoms with E-state index in [0.29, 0.717) is 16.8 Å². The first-order chi connectivity index (χ1) is 10.6. The molecule has 0 aliphatic heterocycles. The van der Waals surface area contributed by atoms with Crippen molar-refractivity contribution in [1.29, 1.82) is 5.26 Å². The van der Waals surface area contributed by atoms with Crippen molar-refractivity contribution in [3.63, 3.8) is 0 Å². The zero-order valence-electron chi connectivity index (χ0n) is 12.3. The lowest BCUT2D eigenvalue weighted by Gasteiger charge is -2.05. The van der Waals surface area contributed by atoms with E-state index in [1.807, 2.05) is 30.7 Å². The number of imidazole rings is 1. The molecular formula is C17H14N4O. The van der Waals surface area contributed by atoms with Gasteiger partial charge >= 0.3 is 0 Å². The third-order valence-electron chi connectivity index (χ3n) is 3.62. The maximum Gasteiger partial charge on any atom is 0.255 e. The molecule has 1 N–H and O–H groups in total. The molecule has 1 aromatic heterocycles. The molecule has 2 aromatic carbocycles. The van der Waals surface area contributed by atoms with Crippen LogP contribution in [0.15, 0.2) is 42.5 Å². The van der Waals surface area contributed by atoms with Crippen LogP contribution in [0.5, 0.6) is 0 Å². The summed E-state index contributed by atoms with van der Waals surface area (Å²) in [6, 6.07) is 14.3. The van der Waals surface area contributed by atoms with Crippen molar-refractivity contribution in [3.8, 4) is 6.07 Å². The summed E-state index contributed by atoms with van der Waals surface area (Å²) in [5, 5.41) is 11.7. The van der Waals surface area contributed by atoms with E-state index < -0.39 is 0 Å². The molecule has 0 atom stereocenters. The number of benzene rings is 2. The number of carbonyl (C=O) groups is 1. The number of nitrogens with one attached hydrogen (secondary N) is 1. The van der Waals surface area contributed by atoms with Gasteiger partial charge in [0.15, 0.2) is 0 Å². The predicted octanol–water partition coefficient (Wildman–Crippen LogP) is 3.01. The fourth-order valence-corrected chi connectivity index (χ4v) is 2.33. The highest BCUT2D eigenvalue weighted by Crippen LogP contribution is 2.18. The molecule has 22 heavy (non-hydrogen) atoms. The Kier molecular flexibility index (Phi) is 3.36. The average molecular weight is 290 g/mol. The van der Waals surface area contributed by atoms with Crippen LogP contribution in [-0.2, 0) is 7.05 Å². The third-order valence-corrected chi connectivity index (χ3v) is 3.62. The first kappa shape index (κ1) is 13.8. The van der Waals surface area contributed by atoms with Crippen molar-refractivity contribution in [2.24, 2.45) is 7.05 Å². The Morgan fingerprint density at radius 1 is 1.27 bits per heavy atom. The summed E-state index contributed by atoms with van der Waals surface area (Å²) < 4.78 is 1.98. The summed E-state index contributed by atoms with van der Waals surface area (Å²) in [6.45, 7) is 1.92. The van der Waals surface area contributed by atoms with E-state index in [1.165, 1.54) is 0 Å². The Morgan fingerprint density at radius 2 is 2.09 bits per heavy atom. The van der Waals surface area contributed by atoms with E-state index >= 15 is 0 Å². The topological polar surface area (TPSA) is 70.7 Å². The van der Waals surface area contributed by atoms with E-state index in [9.17, 15) is 4.79 Å². The van der Waals surface area contributed by atoms with Crippen LogP contribution in [0, 0.1) is 18.3 Å². The molecule has 5 nitrogen and oxygen atoms in total. The number of aryl methyl sites for hydroxylation is 2. The maximum absolute atomic E-state index is 12.3. The molecule has 0 aliphatic rings. The summed E-state index contributed by atoms with van der Waals surface area (Å²) >= 11 is 0. The van der Waals surface area contributed by atoms with E-state index in [1.54, 1.807) is 36.4 Å². The normalized spacial score (nSPS) is 10.4. The second-order valence-electron chi connectivity index (χ2n) is 5.07. The number of hydrogen-bond acceptors (Lipinski definition) is 3. The van der Waals surface area contributed by atoms with E-state index in [-0.39, 0.29) is 5.91 Å². The summed E-state index contributed by atoms with van der Waals surface area (Å²) in [5.41, 5.74) is 3.42. The minimum absolute atomic E-state index is 0.222. The Hall–Kier alpha value is -3.13. The fourth-order valence-electron chi connectivity index (χ4n) is 2.33. The number of nitriles is 1. The summed E-state index contributed by atoms with van der Waals surface area (Å²) in [5.74, 6) is 0.676. The second-order valence-corrected chi connectivity index (χ2v) is 5.07. The fraction of sp³-hybridized carbons (Fsp3) is 0.118. The van der Waals surface area contributed by atoms with Gasteiger partial charge in [-0.1, -0.05) is 6.07 Å². The van der Waals surface area contributed by atoms with Gasteiger partial charge in [0.1, 0.15) is 5.82 Å². The summed E-state index contributed by atoms with van der Waals surface area (Å²) in [4.78, 5) is 16.8. The van der Waals surface area contributed by atoms with E-state index in [4.69, 9.17) is 5.26 Å². The number of aromatic nitrogens is 2. The molecule has 0 bridgehead atoms. The van der Waals surface area contributed by atoms with Gasteiger partial charge in [-0.25, -0.2) is 4.98 Å². The average Bonchev–Trinajstić information content (AvgIpc) is 2.81. The number of rotatable bonds is 2. The Balaban J connectivity index is 1.90. The summed E-state index contributed by atoms with van der Waals surface area (Å²) in [6.07, 6.45) is 0. The number of fused-ring (bicyclic) bond motifs is 1. The standard InChI is InChI=1S/C17H14N4O/c1-11-19-15-9-13(6-7-16(15)21(11)2)17(22)20-14-5-3-4-12(8-14)10-18/h3-9H,1-2H3,(H,20,22). The van der Waals surface area contributed by atoms with Crippen LogP contribution in [-0.4, -0.2) is 15.5 Å². The van der Waals surface area contributed by atoms with Crippen LogP contribution in [0.2, 0.25) is 0 Å². The van der Waals surface area contributed by atoms with Crippen molar-refractivity contribution in [2.75, 3.05) is 5.32 Å². The van der Waals surface area contributed by atoms with Crippen LogP contribution in [0.3, 0.4) is 0 Å². The van der Waals surface area contributed by atoms with Crippen molar-refractivity contribution in [2.45, 2.75) is 6.92 Å². The molecule has 0 unspecified atom stereocenters. The van der Waals surface area contributed by atoms with E-state index in [0.717, 1.165) is 16.9 Å². The van der Waals surface area contributed by atoms with Crippen LogP contribution < -0.4 is 5.32 Å². The van der Waals surface area contributed by atoms with Gasteiger partial charge in [0.25, 0.3) is 5.91 Å². The molecule has 3 aromatic rings. The van der Waals surface area contributed by atoms with Gasteiger partial charge in [0.05, 0.1) is 22.7 Å². The monoisotopic (exact) mass is 290 g/mol. The predicted molar refractivity (Wildman–Crippen MR) is 84.6 cm³/mol. The first-order valence-electron chi connectivity index (χ1n) is 6.83. The highest BCUT2D eigenvalue weighted by molar-refractivity contribution is 6.06. The number of amides is 1. The molecule has 0 radical (unpaired) electrons. The van der Waals surface area contributed by atoms with Crippen molar-refractivity contribution in [3.05, 3.63) is 59.4 Å². The molecule has 0 saturated carbocycles. The smallest absolute Gasteiger partial charge is 0.255 e. The van der Waals surface area contributed by atoms with Gasteiger partial charge in [-0.15, -0.1) is 0 Å². The molecule has 3 rings (SSSR count). The Labute approximate surface area is 127 Å². The minimum Gasteiger partial charge on any atom is -0.331 e. The van der Waals surface area contributed by atoms with Gasteiger partial charge in [0, 0.05) is 18.3 Å².